The van der Waals surface area contributed by atoms with Crippen LogP contribution in [0.3, 0.4) is 0 Å². The predicted octanol–water partition coefficient (Wildman–Crippen LogP) is 4.73. The highest BCUT2D eigenvalue weighted by atomic mass is 19.4. The first-order chi connectivity index (χ1) is 14.5. The minimum Gasteiger partial charge on any atom is -0.494 e. The van der Waals surface area contributed by atoms with Crippen LogP contribution in [0.15, 0.2) is 41.5 Å². The number of hydrogen-bond acceptors (Lipinski definition) is 4. The van der Waals surface area contributed by atoms with Crippen molar-refractivity contribution in [2.75, 3.05) is 0 Å². The summed E-state index contributed by atoms with van der Waals surface area (Å²) < 4.78 is 41.4. The van der Waals surface area contributed by atoms with Crippen LogP contribution in [0.5, 0.6) is 5.88 Å². The van der Waals surface area contributed by atoms with E-state index in [9.17, 15) is 23.1 Å². The Hall–Kier alpha value is -3.80. The molecule has 0 aliphatic heterocycles. The number of fused-ring (bicyclic) bond motifs is 1. The topological polar surface area (TPSA) is 90.4 Å². The van der Waals surface area contributed by atoms with Gasteiger partial charge in [-0.1, -0.05) is 12.1 Å². The van der Waals surface area contributed by atoms with E-state index in [4.69, 9.17) is 5.26 Å². The minimum atomic E-state index is -4.56. The van der Waals surface area contributed by atoms with Gasteiger partial charge in [0.15, 0.2) is 0 Å². The summed E-state index contributed by atoms with van der Waals surface area (Å²) >= 11 is 0. The molecule has 6 nitrogen and oxygen atoms in total. The zero-order valence-corrected chi connectivity index (χ0v) is 17.0. The van der Waals surface area contributed by atoms with Crippen molar-refractivity contribution in [1.82, 2.24) is 9.99 Å². The van der Waals surface area contributed by atoms with Gasteiger partial charge in [0.2, 0.25) is 5.88 Å². The molecular weight excluding hydrogens is 409 g/mol. The maximum absolute atomic E-state index is 13.4. The number of nitriles is 1. The number of carbonyl (C=O) groups excluding carboxylic acids is 1. The molecule has 0 fully saturated rings. The molecule has 1 amide bonds. The summed E-state index contributed by atoms with van der Waals surface area (Å²) in [5.41, 5.74) is 4.09. The number of aromatic hydroxyl groups is 1. The van der Waals surface area contributed by atoms with Crippen molar-refractivity contribution in [2.24, 2.45) is 5.10 Å². The Morgan fingerprint density at radius 1 is 1.19 bits per heavy atom. The molecule has 3 rings (SSSR count). The number of benzene rings is 2. The number of amides is 1. The van der Waals surface area contributed by atoms with E-state index in [1.54, 1.807) is 18.2 Å². The Kier molecular flexibility index (Phi) is 5.75. The van der Waals surface area contributed by atoms with Crippen molar-refractivity contribution in [3.63, 3.8) is 0 Å². The molecule has 160 valence electrons. The Labute approximate surface area is 176 Å². The molecule has 0 bridgehead atoms. The maximum Gasteiger partial charge on any atom is 0.416 e. The van der Waals surface area contributed by atoms with E-state index >= 15 is 0 Å². The van der Waals surface area contributed by atoms with Crippen molar-refractivity contribution >= 4 is 22.5 Å². The van der Waals surface area contributed by atoms with Gasteiger partial charge in [-0.15, -0.1) is 0 Å². The summed E-state index contributed by atoms with van der Waals surface area (Å²) in [4.78, 5) is 11.6. The number of halogens is 3. The Morgan fingerprint density at radius 3 is 2.42 bits per heavy atom. The SMILES string of the molecule is C/C(=N/NC(=O)CC#N)c1c(O)n(-c2cc(C)cc(C)c2)c2cc(C(F)(F)F)ccc12. The molecule has 9 heteroatoms. The van der Waals surface area contributed by atoms with Crippen LogP contribution >= 0.6 is 0 Å². The molecule has 31 heavy (non-hydrogen) atoms. The number of aromatic nitrogens is 1. The first kappa shape index (κ1) is 21.9. The van der Waals surface area contributed by atoms with Crippen LogP contribution in [-0.4, -0.2) is 21.3 Å². The molecular formula is C22H19F3N4O2. The lowest BCUT2D eigenvalue weighted by Crippen LogP contribution is -2.18. The van der Waals surface area contributed by atoms with Crippen LogP contribution in [0.25, 0.3) is 16.6 Å². The quantitative estimate of drug-likeness (QED) is 0.465. The summed E-state index contributed by atoms with van der Waals surface area (Å²) in [7, 11) is 0. The Morgan fingerprint density at radius 2 is 1.84 bits per heavy atom. The van der Waals surface area contributed by atoms with Crippen molar-refractivity contribution in [3.8, 4) is 17.6 Å². The average molecular weight is 428 g/mol. The third-order valence-electron chi connectivity index (χ3n) is 4.69. The zero-order chi connectivity index (χ0) is 22.9. The molecule has 1 aromatic heterocycles. The van der Waals surface area contributed by atoms with Gasteiger partial charge in [-0.05, 0) is 56.2 Å². The summed E-state index contributed by atoms with van der Waals surface area (Å²) in [5.74, 6) is -0.950. The lowest BCUT2D eigenvalue weighted by molar-refractivity contribution is -0.137. The average Bonchev–Trinajstić information content (AvgIpc) is 2.96. The van der Waals surface area contributed by atoms with Crippen LogP contribution < -0.4 is 5.43 Å². The van der Waals surface area contributed by atoms with Crippen molar-refractivity contribution in [3.05, 3.63) is 58.7 Å². The standard InChI is InChI=1S/C22H19F3N4O2/c1-12-8-13(2)10-16(9-12)29-18-11-15(22(23,24)25)4-5-17(18)20(21(29)31)14(3)27-28-19(30)6-7-26/h4-5,8-11,31H,6H2,1-3H3,(H,28,30)/b27-14-. The fourth-order valence-electron chi connectivity index (χ4n) is 3.46. The summed E-state index contributed by atoms with van der Waals surface area (Å²) in [5, 5.41) is 23.8. The van der Waals surface area contributed by atoms with E-state index in [1.165, 1.54) is 17.6 Å². The number of nitrogens with zero attached hydrogens (tertiary/aromatic N) is 3. The minimum absolute atomic E-state index is 0.144. The van der Waals surface area contributed by atoms with Crippen LogP contribution in [0.4, 0.5) is 13.2 Å². The second-order valence-corrected chi connectivity index (χ2v) is 7.18. The Balaban J connectivity index is 2.29. The third kappa shape index (κ3) is 4.38. The Bertz CT molecular complexity index is 1230. The van der Waals surface area contributed by atoms with Crippen molar-refractivity contribution < 1.29 is 23.1 Å². The summed E-state index contributed by atoms with van der Waals surface area (Å²) in [6, 6.07) is 10.3. The van der Waals surface area contributed by atoms with Crippen LogP contribution in [0.2, 0.25) is 0 Å². The number of carbonyl (C=O) groups is 1. The second kappa shape index (κ2) is 8.14. The molecule has 0 atom stereocenters. The molecule has 2 N–H and O–H groups in total. The van der Waals surface area contributed by atoms with Gasteiger partial charge in [0.05, 0.1) is 28.4 Å². The van der Waals surface area contributed by atoms with Gasteiger partial charge >= 0.3 is 6.18 Å². The maximum atomic E-state index is 13.4. The highest BCUT2D eigenvalue weighted by Gasteiger charge is 2.32. The number of hydrogen-bond donors (Lipinski definition) is 2. The van der Waals surface area contributed by atoms with Gasteiger partial charge < -0.3 is 5.11 Å². The number of hydrazone groups is 1. The predicted molar refractivity (Wildman–Crippen MR) is 110 cm³/mol. The van der Waals surface area contributed by atoms with Crippen LogP contribution in [0, 0.1) is 25.2 Å². The van der Waals surface area contributed by atoms with Crippen molar-refractivity contribution in [2.45, 2.75) is 33.4 Å². The monoisotopic (exact) mass is 428 g/mol. The van der Waals surface area contributed by atoms with Gasteiger partial charge in [0.25, 0.3) is 5.91 Å². The lowest BCUT2D eigenvalue weighted by atomic mass is 10.1. The molecule has 3 aromatic rings. The molecule has 1 heterocycles. The molecule has 0 radical (unpaired) electrons. The lowest BCUT2D eigenvalue weighted by Gasteiger charge is -2.11. The largest absolute Gasteiger partial charge is 0.494 e. The van der Waals surface area contributed by atoms with Gasteiger partial charge in [-0.3, -0.25) is 9.36 Å². The fraction of sp³-hybridized carbons (Fsp3) is 0.227. The highest BCUT2D eigenvalue weighted by molar-refractivity contribution is 6.13. The van der Waals surface area contributed by atoms with Crippen LogP contribution in [0.1, 0.15) is 35.6 Å². The van der Waals surface area contributed by atoms with Gasteiger partial charge in [-0.25, -0.2) is 5.43 Å². The van der Waals surface area contributed by atoms with Gasteiger partial charge in [0.1, 0.15) is 6.42 Å². The molecule has 0 aliphatic rings. The summed E-state index contributed by atoms with van der Waals surface area (Å²) in [6.45, 7) is 5.20. The number of alkyl halides is 3. The molecule has 0 aliphatic carbocycles. The number of nitrogens with one attached hydrogen (secondary N) is 1. The molecule has 2 aromatic carbocycles. The van der Waals surface area contributed by atoms with Gasteiger partial charge in [0, 0.05) is 11.1 Å². The van der Waals surface area contributed by atoms with E-state index in [2.05, 4.69) is 10.5 Å². The molecule has 0 saturated carbocycles. The van der Waals surface area contributed by atoms with E-state index in [0.29, 0.717) is 11.1 Å². The van der Waals surface area contributed by atoms with Gasteiger partial charge in [-0.2, -0.15) is 23.5 Å². The second-order valence-electron chi connectivity index (χ2n) is 7.18. The molecule has 0 unspecified atom stereocenters. The van der Waals surface area contributed by atoms with Crippen molar-refractivity contribution in [1.29, 1.82) is 5.26 Å². The van der Waals surface area contributed by atoms with E-state index in [0.717, 1.165) is 23.3 Å². The normalized spacial score (nSPS) is 12.1. The van der Waals surface area contributed by atoms with E-state index < -0.39 is 24.1 Å². The zero-order valence-electron chi connectivity index (χ0n) is 17.0. The van der Waals surface area contributed by atoms with E-state index in [-0.39, 0.29) is 22.7 Å². The molecule has 0 spiro atoms. The van der Waals surface area contributed by atoms with Crippen LogP contribution in [-0.2, 0) is 11.0 Å². The smallest absolute Gasteiger partial charge is 0.416 e. The number of aryl methyl sites for hydroxylation is 2. The first-order valence-corrected chi connectivity index (χ1v) is 9.26. The first-order valence-electron chi connectivity index (χ1n) is 9.26. The number of rotatable bonds is 4. The molecule has 0 saturated heterocycles. The highest BCUT2D eigenvalue weighted by Crippen LogP contribution is 2.39. The van der Waals surface area contributed by atoms with E-state index in [1.807, 2.05) is 19.9 Å². The third-order valence-corrected chi connectivity index (χ3v) is 4.69. The summed E-state index contributed by atoms with van der Waals surface area (Å²) in [6.07, 6.45) is -4.96. The fourth-order valence-corrected chi connectivity index (χ4v) is 3.46.